The molecule has 0 aliphatic rings. The summed E-state index contributed by atoms with van der Waals surface area (Å²) < 4.78 is 49.8. The highest BCUT2D eigenvalue weighted by Gasteiger charge is 2.29. The van der Waals surface area contributed by atoms with E-state index < -0.39 is 16.0 Å². The van der Waals surface area contributed by atoms with E-state index in [4.69, 9.17) is 14.3 Å². The summed E-state index contributed by atoms with van der Waals surface area (Å²) in [4.78, 5) is 14.6. The van der Waals surface area contributed by atoms with Gasteiger partial charge in [0.25, 0.3) is 10.0 Å². The Hall–Kier alpha value is -2.73. The van der Waals surface area contributed by atoms with Gasteiger partial charge in [0.05, 0.1) is 24.6 Å². The van der Waals surface area contributed by atoms with Crippen LogP contribution >= 0.6 is 12.4 Å². The summed E-state index contributed by atoms with van der Waals surface area (Å²) in [5, 5.41) is 2.83. The summed E-state index contributed by atoms with van der Waals surface area (Å²) in [6.07, 6.45) is 1.22. The third kappa shape index (κ3) is 5.25. The van der Waals surface area contributed by atoms with Crippen LogP contribution in [-0.2, 0) is 14.9 Å². The van der Waals surface area contributed by atoms with E-state index in [1.807, 2.05) is 0 Å². The minimum Gasteiger partial charge on any atom is -0.493 e. The Labute approximate surface area is 179 Å². The lowest BCUT2D eigenvalue weighted by Gasteiger charge is -2.23. The van der Waals surface area contributed by atoms with Crippen molar-refractivity contribution in [3.63, 3.8) is 0 Å². The van der Waals surface area contributed by atoms with Gasteiger partial charge in [-0.15, -0.1) is 12.4 Å². The van der Waals surface area contributed by atoms with Gasteiger partial charge in [-0.2, -0.15) is 4.39 Å². The van der Waals surface area contributed by atoms with Gasteiger partial charge in [0, 0.05) is 18.4 Å². The van der Waals surface area contributed by atoms with Crippen molar-refractivity contribution in [3.05, 3.63) is 48.8 Å². The van der Waals surface area contributed by atoms with E-state index in [1.54, 1.807) is 23.1 Å². The quantitative estimate of drug-likeness (QED) is 0.301. The molecule has 1 unspecified atom stereocenters. The van der Waals surface area contributed by atoms with Gasteiger partial charge < -0.3 is 14.8 Å². The molecule has 0 spiro atoms. The standard InChI is InChI=1S/C18H19FN4O5S.ClH/c1-18(19,28-23-29(24,25)12-7-5-4-6-8-12)22-17-13-9-15(26-2)16(27-3)10-14(13)20-11-21-17;/h4-11,23H,1-3H3,(H,20,21,22);1H. The van der Waals surface area contributed by atoms with Gasteiger partial charge >= 0.3 is 5.98 Å². The first-order chi connectivity index (χ1) is 13.8. The number of nitrogens with zero attached hydrogens (tertiary/aromatic N) is 2. The largest absolute Gasteiger partial charge is 0.493 e. The minimum absolute atomic E-state index is 0. The molecule has 1 aromatic heterocycles. The monoisotopic (exact) mass is 458 g/mol. The van der Waals surface area contributed by atoms with E-state index in [1.165, 1.54) is 44.8 Å². The highest BCUT2D eigenvalue weighted by molar-refractivity contribution is 7.89. The average Bonchev–Trinajstić information content (AvgIpc) is 2.72. The summed E-state index contributed by atoms with van der Waals surface area (Å²) >= 11 is 0. The molecule has 9 nitrogen and oxygen atoms in total. The molecule has 3 rings (SSSR count). The van der Waals surface area contributed by atoms with Crippen LogP contribution < -0.4 is 19.7 Å². The van der Waals surface area contributed by atoms with Gasteiger partial charge in [-0.3, -0.25) is 0 Å². The molecule has 0 saturated heterocycles. The molecule has 0 aliphatic heterocycles. The van der Waals surface area contributed by atoms with Crippen LogP contribution in [0.25, 0.3) is 10.9 Å². The summed E-state index contributed by atoms with van der Waals surface area (Å²) in [6.45, 7) is 0.995. The number of aromatic nitrogens is 2. The van der Waals surface area contributed by atoms with Crippen LogP contribution in [0, 0.1) is 0 Å². The molecule has 12 heteroatoms. The topological polar surface area (TPSA) is 112 Å². The Bertz CT molecular complexity index is 1120. The zero-order chi connectivity index (χ0) is 21.1. The van der Waals surface area contributed by atoms with Gasteiger partial charge in [0.15, 0.2) is 11.5 Å². The molecule has 0 radical (unpaired) electrons. The van der Waals surface area contributed by atoms with E-state index in [0.717, 1.165) is 6.92 Å². The van der Waals surface area contributed by atoms with Crippen molar-refractivity contribution >= 4 is 39.2 Å². The molecule has 0 amide bonds. The molecule has 3 aromatic rings. The van der Waals surface area contributed by atoms with Gasteiger partial charge in [-0.25, -0.2) is 23.2 Å². The van der Waals surface area contributed by atoms with Gasteiger partial charge in [0.2, 0.25) is 0 Å². The van der Waals surface area contributed by atoms with Crippen LogP contribution in [0.3, 0.4) is 0 Å². The minimum atomic E-state index is -4.07. The van der Waals surface area contributed by atoms with Crippen molar-refractivity contribution in [1.29, 1.82) is 0 Å². The van der Waals surface area contributed by atoms with Gasteiger partial charge in [-0.05, 0) is 18.2 Å². The van der Waals surface area contributed by atoms with Gasteiger partial charge in [0.1, 0.15) is 12.1 Å². The first kappa shape index (κ1) is 23.5. The lowest BCUT2D eigenvalue weighted by molar-refractivity contribution is -0.133. The molecule has 0 bridgehead atoms. The SMILES string of the molecule is COc1cc2ncnc(NC(C)(F)ONS(=O)(=O)c3ccccc3)c2cc1OC.Cl. The van der Waals surface area contributed by atoms with Crippen molar-refractivity contribution in [2.45, 2.75) is 17.8 Å². The van der Waals surface area contributed by atoms with Crippen molar-refractivity contribution in [1.82, 2.24) is 14.9 Å². The van der Waals surface area contributed by atoms with Gasteiger partial charge in [-0.1, -0.05) is 23.1 Å². The molecule has 0 saturated carbocycles. The summed E-state index contributed by atoms with van der Waals surface area (Å²) in [5.74, 6) is -1.72. The number of anilines is 1. The molecule has 0 aliphatic carbocycles. The Morgan fingerprint density at radius 3 is 2.30 bits per heavy atom. The second-order valence-corrected chi connectivity index (χ2v) is 7.64. The number of fused-ring (bicyclic) bond motifs is 1. The van der Waals surface area contributed by atoms with Crippen LogP contribution in [0.5, 0.6) is 11.5 Å². The molecule has 162 valence electrons. The normalized spacial score (nSPS) is 13.2. The fourth-order valence-electron chi connectivity index (χ4n) is 2.50. The lowest BCUT2D eigenvalue weighted by Crippen LogP contribution is -2.40. The fourth-order valence-corrected chi connectivity index (χ4v) is 3.38. The zero-order valence-corrected chi connectivity index (χ0v) is 17.9. The van der Waals surface area contributed by atoms with Crippen LogP contribution in [0.1, 0.15) is 6.92 Å². The zero-order valence-electron chi connectivity index (χ0n) is 16.2. The number of ether oxygens (including phenoxy) is 2. The molecular weight excluding hydrogens is 439 g/mol. The number of sulfonamides is 1. The first-order valence-electron chi connectivity index (χ1n) is 8.34. The molecule has 2 N–H and O–H groups in total. The predicted molar refractivity (Wildman–Crippen MR) is 111 cm³/mol. The number of methoxy groups -OCH3 is 2. The Balaban J connectivity index is 0.00000320. The summed E-state index contributed by atoms with van der Waals surface area (Å²) in [5.41, 5.74) is 0.459. The summed E-state index contributed by atoms with van der Waals surface area (Å²) in [7, 11) is -1.13. The highest BCUT2D eigenvalue weighted by atomic mass is 35.5. The molecular formula is C18H20ClFN4O5S. The number of hydrogen-bond donors (Lipinski definition) is 2. The van der Waals surface area contributed by atoms with Crippen LogP contribution in [-0.4, -0.2) is 38.6 Å². The number of alkyl halides is 1. The van der Waals surface area contributed by atoms with Crippen molar-refractivity contribution in [2.24, 2.45) is 0 Å². The smallest absolute Gasteiger partial charge is 0.302 e. The average molecular weight is 459 g/mol. The number of nitrogens with one attached hydrogen (secondary N) is 2. The van der Waals surface area contributed by atoms with E-state index >= 15 is 0 Å². The molecule has 2 aromatic carbocycles. The first-order valence-corrected chi connectivity index (χ1v) is 9.83. The Kier molecular flexibility index (Phi) is 7.37. The number of rotatable bonds is 8. The Morgan fingerprint density at radius 1 is 1.03 bits per heavy atom. The number of hydrogen-bond acceptors (Lipinski definition) is 8. The van der Waals surface area contributed by atoms with E-state index in [9.17, 15) is 12.8 Å². The third-order valence-corrected chi connectivity index (χ3v) is 5.07. The maximum atomic E-state index is 14.9. The fraction of sp³-hybridized carbons (Fsp3) is 0.222. The third-order valence-electron chi connectivity index (χ3n) is 3.88. The van der Waals surface area contributed by atoms with Crippen LogP contribution in [0.15, 0.2) is 53.7 Å². The van der Waals surface area contributed by atoms with Crippen molar-refractivity contribution in [2.75, 3.05) is 19.5 Å². The predicted octanol–water partition coefficient (Wildman–Crippen LogP) is 3.03. The molecule has 1 atom stereocenters. The van der Waals surface area contributed by atoms with E-state index in [2.05, 4.69) is 15.3 Å². The molecule has 0 fully saturated rings. The van der Waals surface area contributed by atoms with Crippen molar-refractivity contribution < 1.29 is 27.1 Å². The molecule has 1 heterocycles. The lowest BCUT2D eigenvalue weighted by atomic mass is 10.2. The second-order valence-electron chi connectivity index (χ2n) is 5.99. The summed E-state index contributed by atoms with van der Waals surface area (Å²) in [6, 6.07) is 10.6. The second kappa shape index (κ2) is 9.39. The maximum absolute atomic E-state index is 14.9. The van der Waals surface area contributed by atoms with E-state index in [-0.39, 0.29) is 23.1 Å². The number of benzene rings is 2. The number of halogens is 2. The molecule has 30 heavy (non-hydrogen) atoms. The maximum Gasteiger partial charge on any atom is 0.302 e. The van der Waals surface area contributed by atoms with Crippen molar-refractivity contribution in [3.8, 4) is 11.5 Å². The van der Waals surface area contributed by atoms with E-state index in [0.29, 0.717) is 22.4 Å². The van der Waals surface area contributed by atoms with Crippen LogP contribution in [0.2, 0.25) is 0 Å². The van der Waals surface area contributed by atoms with Crippen LogP contribution in [0.4, 0.5) is 10.2 Å². The Morgan fingerprint density at radius 2 is 1.67 bits per heavy atom. The highest BCUT2D eigenvalue weighted by Crippen LogP contribution is 2.34.